The molecule has 0 aliphatic carbocycles. The molecule has 1 amide bonds. The highest BCUT2D eigenvalue weighted by molar-refractivity contribution is 6.06. The normalized spacial score (nSPS) is 17.8. The number of amides is 1. The molecule has 1 aromatic carbocycles. The van der Waals surface area contributed by atoms with Gasteiger partial charge in [-0.25, -0.2) is 0 Å². The zero-order valence-corrected chi connectivity index (χ0v) is 10.00. The van der Waals surface area contributed by atoms with Crippen LogP contribution in [0.4, 0.5) is 11.4 Å². The van der Waals surface area contributed by atoms with Crippen LogP contribution in [0.25, 0.3) is 0 Å². The molecule has 16 heavy (non-hydrogen) atoms. The third kappa shape index (κ3) is 1.41. The summed E-state index contributed by atoms with van der Waals surface area (Å²) in [4.78, 5) is 13.8. The Balaban J connectivity index is 2.52. The Morgan fingerprint density at radius 2 is 2.06 bits per heavy atom. The second kappa shape index (κ2) is 3.40. The van der Waals surface area contributed by atoms with Crippen molar-refractivity contribution in [2.45, 2.75) is 19.4 Å². The molecule has 1 aliphatic heterocycles. The lowest BCUT2D eigenvalue weighted by molar-refractivity contribution is -0.120. The van der Waals surface area contributed by atoms with Crippen LogP contribution in [-0.4, -0.2) is 25.6 Å². The minimum atomic E-state index is -0.542. The summed E-state index contributed by atoms with van der Waals surface area (Å²) >= 11 is 0. The van der Waals surface area contributed by atoms with Crippen molar-refractivity contribution in [2.75, 3.05) is 24.4 Å². The Labute approximate surface area is 95.2 Å². The molecule has 0 unspecified atom stereocenters. The van der Waals surface area contributed by atoms with Gasteiger partial charge in [0.05, 0.1) is 18.5 Å². The van der Waals surface area contributed by atoms with Crippen LogP contribution in [0.2, 0.25) is 0 Å². The Bertz CT molecular complexity index is 441. The van der Waals surface area contributed by atoms with Crippen molar-refractivity contribution in [3.8, 4) is 5.75 Å². The number of ether oxygens (including phenoxy) is 1. The summed E-state index contributed by atoms with van der Waals surface area (Å²) in [5.74, 6) is 0.796. The summed E-state index contributed by atoms with van der Waals surface area (Å²) in [7, 11) is 3.55. The highest BCUT2D eigenvalue weighted by Crippen LogP contribution is 2.37. The third-order valence-corrected chi connectivity index (χ3v) is 3.21. The molecule has 4 heteroatoms. The van der Waals surface area contributed by atoms with Gasteiger partial charge in [-0.05, 0) is 26.0 Å². The molecule has 0 saturated carbocycles. The monoisotopic (exact) mass is 220 g/mol. The van der Waals surface area contributed by atoms with Crippen molar-refractivity contribution >= 4 is 17.3 Å². The second-order valence-electron chi connectivity index (χ2n) is 4.46. The van der Waals surface area contributed by atoms with Gasteiger partial charge in [0.15, 0.2) is 0 Å². The number of rotatable bonds is 1. The van der Waals surface area contributed by atoms with Crippen LogP contribution < -0.4 is 15.0 Å². The molecule has 0 radical (unpaired) electrons. The lowest BCUT2D eigenvalue weighted by Gasteiger charge is -2.41. The van der Waals surface area contributed by atoms with E-state index in [0.29, 0.717) is 0 Å². The van der Waals surface area contributed by atoms with E-state index in [0.717, 1.165) is 17.1 Å². The highest BCUT2D eigenvalue weighted by Gasteiger charge is 2.37. The summed E-state index contributed by atoms with van der Waals surface area (Å²) in [5.41, 5.74) is 1.26. The lowest BCUT2D eigenvalue weighted by atomic mass is 9.97. The molecule has 1 aromatic rings. The maximum Gasteiger partial charge on any atom is 0.249 e. The Hall–Kier alpha value is -1.71. The van der Waals surface area contributed by atoms with Gasteiger partial charge in [-0.2, -0.15) is 0 Å². The van der Waals surface area contributed by atoms with Gasteiger partial charge in [0, 0.05) is 13.1 Å². The SMILES string of the molecule is COc1ccc2c(c1)N(C)C(C)(C)C(=O)N2. The van der Waals surface area contributed by atoms with E-state index in [1.807, 2.05) is 44.0 Å². The first-order valence-corrected chi connectivity index (χ1v) is 5.20. The van der Waals surface area contributed by atoms with E-state index in [9.17, 15) is 4.79 Å². The molecular formula is C12H16N2O2. The number of nitrogens with zero attached hydrogens (tertiary/aromatic N) is 1. The number of benzene rings is 1. The topological polar surface area (TPSA) is 41.6 Å². The van der Waals surface area contributed by atoms with Crippen molar-refractivity contribution in [1.82, 2.24) is 0 Å². The fraction of sp³-hybridized carbons (Fsp3) is 0.417. The summed E-state index contributed by atoms with van der Waals surface area (Å²) in [6, 6.07) is 5.62. The minimum Gasteiger partial charge on any atom is -0.497 e. The number of anilines is 2. The van der Waals surface area contributed by atoms with E-state index in [2.05, 4.69) is 5.32 Å². The standard InChI is InChI=1S/C12H16N2O2/c1-12(2)11(15)13-9-6-5-8(16-4)7-10(9)14(12)3/h5-7H,1-4H3,(H,13,15). The number of carbonyl (C=O) groups excluding carboxylic acids is 1. The van der Waals surface area contributed by atoms with Gasteiger partial charge in [-0.15, -0.1) is 0 Å². The van der Waals surface area contributed by atoms with Crippen molar-refractivity contribution in [3.05, 3.63) is 18.2 Å². The van der Waals surface area contributed by atoms with Crippen molar-refractivity contribution in [3.63, 3.8) is 0 Å². The van der Waals surface area contributed by atoms with Gasteiger partial charge in [-0.3, -0.25) is 4.79 Å². The van der Waals surface area contributed by atoms with E-state index in [4.69, 9.17) is 4.74 Å². The van der Waals surface area contributed by atoms with Crippen LogP contribution in [-0.2, 0) is 4.79 Å². The average Bonchev–Trinajstić information content (AvgIpc) is 2.27. The predicted octanol–water partition coefficient (Wildman–Crippen LogP) is 1.86. The molecule has 0 fully saturated rings. The fourth-order valence-corrected chi connectivity index (χ4v) is 1.75. The third-order valence-electron chi connectivity index (χ3n) is 3.21. The number of methoxy groups -OCH3 is 1. The van der Waals surface area contributed by atoms with Crippen LogP contribution in [0.5, 0.6) is 5.75 Å². The molecule has 1 aliphatic rings. The molecule has 0 bridgehead atoms. The number of fused-ring (bicyclic) bond motifs is 1. The molecule has 0 aromatic heterocycles. The Morgan fingerprint density at radius 3 is 2.69 bits per heavy atom. The molecule has 86 valence electrons. The van der Waals surface area contributed by atoms with E-state index in [1.165, 1.54) is 0 Å². The maximum absolute atomic E-state index is 11.9. The predicted molar refractivity (Wildman–Crippen MR) is 64.1 cm³/mol. The van der Waals surface area contributed by atoms with Crippen LogP contribution in [0, 0.1) is 0 Å². The molecule has 0 saturated heterocycles. The first-order chi connectivity index (χ1) is 7.46. The highest BCUT2D eigenvalue weighted by atomic mass is 16.5. The summed E-state index contributed by atoms with van der Waals surface area (Å²) in [5, 5.41) is 2.90. The van der Waals surface area contributed by atoms with Crippen LogP contribution in [0.3, 0.4) is 0 Å². The Kier molecular flexibility index (Phi) is 2.30. The van der Waals surface area contributed by atoms with Crippen LogP contribution >= 0.6 is 0 Å². The fourth-order valence-electron chi connectivity index (χ4n) is 1.75. The molecule has 2 rings (SSSR count). The molecular weight excluding hydrogens is 204 g/mol. The van der Waals surface area contributed by atoms with Gasteiger partial charge in [0.1, 0.15) is 11.3 Å². The number of hydrogen-bond acceptors (Lipinski definition) is 3. The zero-order chi connectivity index (χ0) is 11.9. The van der Waals surface area contributed by atoms with Crippen molar-refractivity contribution < 1.29 is 9.53 Å². The van der Waals surface area contributed by atoms with Crippen molar-refractivity contribution in [1.29, 1.82) is 0 Å². The number of likely N-dealkylation sites (N-methyl/N-ethyl adjacent to an activating group) is 1. The van der Waals surface area contributed by atoms with Crippen LogP contribution in [0.1, 0.15) is 13.8 Å². The Morgan fingerprint density at radius 1 is 1.38 bits per heavy atom. The van der Waals surface area contributed by atoms with E-state index in [-0.39, 0.29) is 5.91 Å². The average molecular weight is 220 g/mol. The van der Waals surface area contributed by atoms with Crippen LogP contribution in [0.15, 0.2) is 18.2 Å². The van der Waals surface area contributed by atoms with E-state index in [1.54, 1.807) is 7.11 Å². The summed E-state index contributed by atoms with van der Waals surface area (Å²) < 4.78 is 5.18. The summed E-state index contributed by atoms with van der Waals surface area (Å²) in [6.07, 6.45) is 0. The minimum absolute atomic E-state index is 0.00710. The molecule has 1 heterocycles. The zero-order valence-electron chi connectivity index (χ0n) is 10.00. The van der Waals surface area contributed by atoms with E-state index < -0.39 is 5.54 Å². The van der Waals surface area contributed by atoms with Crippen molar-refractivity contribution in [2.24, 2.45) is 0 Å². The van der Waals surface area contributed by atoms with Gasteiger partial charge in [0.2, 0.25) is 5.91 Å². The first-order valence-electron chi connectivity index (χ1n) is 5.20. The maximum atomic E-state index is 11.9. The number of hydrogen-bond donors (Lipinski definition) is 1. The summed E-state index contributed by atoms with van der Waals surface area (Å²) in [6.45, 7) is 3.79. The largest absolute Gasteiger partial charge is 0.497 e. The first kappa shape index (κ1) is 10.8. The molecule has 0 spiro atoms. The second-order valence-corrected chi connectivity index (χ2v) is 4.46. The van der Waals surface area contributed by atoms with Gasteiger partial charge in [0.25, 0.3) is 0 Å². The number of carbonyl (C=O) groups is 1. The molecule has 0 atom stereocenters. The number of nitrogens with one attached hydrogen (secondary N) is 1. The smallest absolute Gasteiger partial charge is 0.249 e. The van der Waals surface area contributed by atoms with Gasteiger partial charge < -0.3 is 15.0 Å². The van der Waals surface area contributed by atoms with Gasteiger partial charge in [-0.1, -0.05) is 0 Å². The molecule has 4 nitrogen and oxygen atoms in total. The quantitative estimate of drug-likeness (QED) is 0.785. The molecule has 1 N–H and O–H groups in total. The van der Waals surface area contributed by atoms with E-state index >= 15 is 0 Å². The lowest BCUT2D eigenvalue weighted by Crippen LogP contribution is -2.54. The van der Waals surface area contributed by atoms with Gasteiger partial charge >= 0.3 is 0 Å².